The molecular formula is C16H28Cl2N8. The standard InChI is InChI=1S/C16H26N8.2ClH/c1-10(2)8-13(15-19-9-20-24(15)3)21-14-11-4-6-18-7-5-12(11)22-16(17)23-14;;/h9-10,13,18H,4-8H2,1-3H3,(H3,17,21,22,23);2*1H. The van der Waals surface area contributed by atoms with Gasteiger partial charge in [0.05, 0.1) is 11.7 Å². The van der Waals surface area contributed by atoms with Crippen LogP contribution in [0.5, 0.6) is 0 Å². The zero-order valence-electron chi connectivity index (χ0n) is 15.4. The van der Waals surface area contributed by atoms with Crippen LogP contribution in [0.2, 0.25) is 0 Å². The fraction of sp³-hybridized carbons (Fsp3) is 0.625. The van der Waals surface area contributed by atoms with E-state index in [-0.39, 0.29) is 30.9 Å². The molecule has 0 bridgehead atoms. The SMILES string of the molecule is CC(C)CC(Nc1nc(N)nc2c1CCNCC2)c1ncnn1C.Cl.Cl. The van der Waals surface area contributed by atoms with Gasteiger partial charge in [-0.25, -0.2) is 9.97 Å². The van der Waals surface area contributed by atoms with Gasteiger partial charge in [0.25, 0.3) is 0 Å². The van der Waals surface area contributed by atoms with Gasteiger partial charge in [-0.1, -0.05) is 13.8 Å². The molecule has 1 aliphatic rings. The maximum atomic E-state index is 5.94. The number of aryl methyl sites for hydroxylation is 1. The lowest BCUT2D eigenvalue weighted by Gasteiger charge is -2.22. The first-order chi connectivity index (χ1) is 11.5. The van der Waals surface area contributed by atoms with Crippen molar-refractivity contribution < 1.29 is 0 Å². The number of nitrogens with one attached hydrogen (secondary N) is 2. The monoisotopic (exact) mass is 402 g/mol. The molecule has 1 unspecified atom stereocenters. The molecule has 0 spiro atoms. The summed E-state index contributed by atoms with van der Waals surface area (Å²) < 4.78 is 1.81. The smallest absolute Gasteiger partial charge is 0.222 e. The van der Waals surface area contributed by atoms with Gasteiger partial charge in [-0.05, 0) is 25.3 Å². The highest BCUT2D eigenvalue weighted by atomic mass is 35.5. The summed E-state index contributed by atoms with van der Waals surface area (Å²) in [7, 11) is 1.91. The van der Waals surface area contributed by atoms with Gasteiger partial charge in [-0.3, -0.25) is 4.68 Å². The van der Waals surface area contributed by atoms with E-state index in [0.29, 0.717) is 11.9 Å². The summed E-state index contributed by atoms with van der Waals surface area (Å²) in [6.45, 7) is 6.24. The van der Waals surface area contributed by atoms with E-state index >= 15 is 0 Å². The number of nitrogens with zero attached hydrogens (tertiary/aromatic N) is 5. The fourth-order valence-electron chi connectivity index (χ4n) is 3.17. The van der Waals surface area contributed by atoms with Crippen LogP contribution in [0.25, 0.3) is 0 Å². The summed E-state index contributed by atoms with van der Waals surface area (Å²) in [4.78, 5) is 13.3. The Hall–Kier alpha value is -1.64. The highest BCUT2D eigenvalue weighted by Gasteiger charge is 2.22. The van der Waals surface area contributed by atoms with Crippen LogP contribution < -0.4 is 16.4 Å². The number of nitrogens with two attached hydrogens (primary N) is 1. The Morgan fingerprint density at radius 3 is 2.62 bits per heavy atom. The number of hydrogen-bond acceptors (Lipinski definition) is 7. The highest BCUT2D eigenvalue weighted by molar-refractivity contribution is 5.85. The van der Waals surface area contributed by atoms with Crippen LogP contribution in [0, 0.1) is 5.92 Å². The van der Waals surface area contributed by atoms with Crippen molar-refractivity contribution in [2.24, 2.45) is 13.0 Å². The Morgan fingerprint density at radius 1 is 1.23 bits per heavy atom. The lowest BCUT2D eigenvalue weighted by molar-refractivity contribution is 0.497. The van der Waals surface area contributed by atoms with Crippen LogP contribution in [0.15, 0.2) is 6.33 Å². The van der Waals surface area contributed by atoms with Gasteiger partial charge in [0, 0.05) is 25.6 Å². The molecule has 3 heterocycles. The van der Waals surface area contributed by atoms with E-state index in [1.165, 1.54) is 0 Å². The second-order valence-corrected chi connectivity index (χ2v) is 6.67. The largest absolute Gasteiger partial charge is 0.368 e. The molecule has 0 radical (unpaired) electrons. The van der Waals surface area contributed by atoms with Crippen molar-refractivity contribution in [2.75, 3.05) is 24.1 Å². The van der Waals surface area contributed by atoms with Crippen molar-refractivity contribution in [3.8, 4) is 0 Å². The lowest BCUT2D eigenvalue weighted by Crippen LogP contribution is -2.21. The van der Waals surface area contributed by atoms with E-state index in [1.807, 2.05) is 11.7 Å². The number of hydrogen-bond donors (Lipinski definition) is 3. The van der Waals surface area contributed by atoms with Crippen LogP contribution in [0.4, 0.5) is 11.8 Å². The summed E-state index contributed by atoms with van der Waals surface area (Å²) >= 11 is 0. The van der Waals surface area contributed by atoms with E-state index < -0.39 is 0 Å². The van der Waals surface area contributed by atoms with Crippen LogP contribution >= 0.6 is 24.8 Å². The second kappa shape index (κ2) is 9.89. The van der Waals surface area contributed by atoms with Crippen LogP contribution in [0.3, 0.4) is 0 Å². The minimum atomic E-state index is 0. The van der Waals surface area contributed by atoms with Crippen molar-refractivity contribution in [1.29, 1.82) is 0 Å². The molecule has 0 saturated carbocycles. The van der Waals surface area contributed by atoms with Crippen molar-refractivity contribution >= 4 is 36.6 Å². The van der Waals surface area contributed by atoms with E-state index in [0.717, 1.165) is 55.3 Å². The number of aromatic nitrogens is 5. The Morgan fingerprint density at radius 2 is 1.96 bits per heavy atom. The van der Waals surface area contributed by atoms with Gasteiger partial charge in [-0.15, -0.1) is 24.8 Å². The van der Waals surface area contributed by atoms with Gasteiger partial charge >= 0.3 is 0 Å². The van der Waals surface area contributed by atoms with Crippen LogP contribution in [-0.4, -0.2) is 37.8 Å². The maximum absolute atomic E-state index is 5.94. The molecule has 26 heavy (non-hydrogen) atoms. The minimum absolute atomic E-state index is 0. The molecule has 8 nitrogen and oxygen atoms in total. The van der Waals surface area contributed by atoms with Gasteiger partial charge in [0.15, 0.2) is 0 Å². The molecule has 1 atom stereocenters. The van der Waals surface area contributed by atoms with E-state index in [1.54, 1.807) is 6.33 Å². The zero-order chi connectivity index (χ0) is 17.1. The molecule has 0 amide bonds. The van der Waals surface area contributed by atoms with Gasteiger partial charge in [0.1, 0.15) is 18.0 Å². The van der Waals surface area contributed by atoms with Gasteiger partial charge < -0.3 is 16.4 Å². The summed E-state index contributed by atoms with van der Waals surface area (Å²) in [6.07, 6.45) is 4.28. The second-order valence-electron chi connectivity index (χ2n) is 6.67. The molecule has 2 aromatic heterocycles. The lowest BCUT2D eigenvalue weighted by atomic mass is 10.0. The quantitative estimate of drug-likeness (QED) is 0.700. The molecule has 0 fully saturated rings. The Bertz CT molecular complexity index is 704. The maximum Gasteiger partial charge on any atom is 0.222 e. The number of halogens is 2. The van der Waals surface area contributed by atoms with Gasteiger partial charge in [-0.2, -0.15) is 10.1 Å². The van der Waals surface area contributed by atoms with Gasteiger partial charge in [0.2, 0.25) is 5.95 Å². The molecule has 4 N–H and O–H groups in total. The average molecular weight is 403 g/mol. The first-order valence-corrected chi connectivity index (χ1v) is 8.51. The Labute approximate surface area is 166 Å². The van der Waals surface area contributed by atoms with E-state index in [2.05, 4.69) is 44.5 Å². The molecular weight excluding hydrogens is 375 g/mol. The zero-order valence-corrected chi connectivity index (χ0v) is 17.0. The number of anilines is 2. The van der Waals surface area contributed by atoms with Crippen molar-refractivity contribution in [3.63, 3.8) is 0 Å². The highest BCUT2D eigenvalue weighted by Crippen LogP contribution is 2.27. The van der Waals surface area contributed by atoms with E-state index in [4.69, 9.17) is 5.73 Å². The third-order valence-electron chi connectivity index (χ3n) is 4.28. The molecule has 0 aromatic carbocycles. The minimum Gasteiger partial charge on any atom is -0.368 e. The summed E-state index contributed by atoms with van der Waals surface area (Å²) in [6, 6.07) is 0.0344. The third-order valence-corrected chi connectivity index (χ3v) is 4.28. The molecule has 3 rings (SSSR count). The third kappa shape index (κ3) is 5.18. The topological polar surface area (TPSA) is 107 Å². The molecule has 1 aliphatic heterocycles. The Balaban J connectivity index is 0.00000169. The molecule has 146 valence electrons. The van der Waals surface area contributed by atoms with Crippen molar-refractivity contribution in [2.45, 2.75) is 39.2 Å². The van der Waals surface area contributed by atoms with Crippen LogP contribution in [-0.2, 0) is 19.9 Å². The Kier molecular flexibility index (Phi) is 8.52. The predicted octanol–water partition coefficient (Wildman–Crippen LogP) is 1.92. The van der Waals surface area contributed by atoms with Crippen LogP contribution in [0.1, 0.15) is 43.4 Å². The number of nitrogen functional groups attached to an aromatic ring is 1. The summed E-state index contributed by atoms with van der Waals surface area (Å²) in [5.74, 6) is 2.56. The first-order valence-electron chi connectivity index (χ1n) is 8.51. The first kappa shape index (κ1) is 22.4. The molecule has 2 aromatic rings. The average Bonchev–Trinajstić information content (AvgIpc) is 2.79. The summed E-state index contributed by atoms with van der Waals surface area (Å²) in [5.41, 5.74) is 8.14. The normalized spacial score (nSPS) is 14.6. The van der Waals surface area contributed by atoms with Crippen molar-refractivity contribution in [1.82, 2.24) is 30.0 Å². The summed E-state index contributed by atoms with van der Waals surface area (Å²) in [5, 5.41) is 11.2. The number of fused-ring (bicyclic) bond motifs is 1. The predicted molar refractivity (Wildman–Crippen MR) is 108 cm³/mol. The molecule has 10 heteroatoms. The van der Waals surface area contributed by atoms with Crippen molar-refractivity contribution in [3.05, 3.63) is 23.4 Å². The fourth-order valence-corrected chi connectivity index (χ4v) is 3.17. The number of rotatable bonds is 5. The molecule has 0 aliphatic carbocycles. The molecule has 0 saturated heterocycles. The van der Waals surface area contributed by atoms with E-state index in [9.17, 15) is 0 Å².